The average molecular weight is 742 g/mol. The number of hydrogen-bond acceptors (Lipinski definition) is 8. The standard InChI is InChI=1S/C40H60ClN5O6/c1-28(2)22-33(37(48)40(5,51)27-41)44-39(50)35(24-31-14-10-7-11-15-31)45-38(49)34(23-29(3)4)42-25-32(17-16-30-12-8-6-9-13-30)43-36(47)26-46-18-20-52-21-19-46/h6-15,28-29,32-35,42,51H,16-27H2,1-5H3,(H,43,47)(H,44,50)(H,45,49)/t32-,33-,34-,35-,40+/m0/s1. The predicted molar refractivity (Wildman–Crippen MR) is 205 cm³/mol. The van der Waals surface area contributed by atoms with Crippen molar-refractivity contribution in [2.45, 2.75) is 96.5 Å². The fourth-order valence-electron chi connectivity index (χ4n) is 6.23. The summed E-state index contributed by atoms with van der Waals surface area (Å²) in [4.78, 5) is 56.6. The summed E-state index contributed by atoms with van der Waals surface area (Å²) in [5.74, 6) is -1.67. The molecule has 288 valence electrons. The normalized spacial score (nSPS) is 17.1. The van der Waals surface area contributed by atoms with Crippen LogP contribution in [0.3, 0.4) is 0 Å². The van der Waals surface area contributed by atoms with E-state index in [1.807, 2.05) is 76.2 Å². The van der Waals surface area contributed by atoms with Crippen LogP contribution in [-0.4, -0.2) is 109 Å². The molecule has 11 nitrogen and oxygen atoms in total. The van der Waals surface area contributed by atoms with E-state index in [1.165, 1.54) is 6.92 Å². The SMILES string of the molecule is CC(C)C[C@H](NC[C@H](CCc1ccccc1)NC(=O)CN1CCOCC1)C(=O)N[C@@H](Cc1ccccc1)C(=O)N[C@@H](CC(C)C)C(=O)[C@](C)(O)CCl. The van der Waals surface area contributed by atoms with Gasteiger partial charge in [0.2, 0.25) is 17.7 Å². The van der Waals surface area contributed by atoms with Gasteiger partial charge in [0.1, 0.15) is 11.6 Å². The fourth-order valence-corrected chi connectivity index (χ4v) is 6.37. The van der Waals surface area contributed by atoms with Gasteiger partial charge in [0.25, 0.3) is 0 Å². The molecule has 1 saturated heterocycles. The summed E-state index contributed by atoms with van der Waals surface area (Å²) in [5.41, 5.74) is 0.163. The van der Waals surface area contributed by atoms with Gasteiger partial charge >= 0.3 is 0 Å². The summed E-state index contributed by atoms with van der Waals surface area (Å²) >= 11 is 5.92. The van der Waals surface area contributed by atoms with Gasteiger partial charge in [0.15, 0.2) is 5.78 Å². The highest BCUT2D eigenvalue weighted by Gasteiger charge is 2.38. The van der Waals surface area contributed by atoms with Gasteiger partial charge in [-0.25, -0.2) is 0 Å². The van der Waals surface area contributed by atoms with Gasteiger partial charge < -0.3 is 31.1 Å². The number of nitrogens with one attached hydrogen (secondary N) is 4. The number of benzene rings is 2. The lowest BCUT2D eigenvalue weighted by atomic mass is 9.90. The van der Waals surface area contributed by atoms with E-state index < -0.39 is 35.4 Å². The van der Waals surface area contributed by atoms with Crippen LogP contribution in [0.5, 0.6) is 0 Å². The molecule has 0 saturated carbocycles. The molecule has 12 heteroatoms. The maximum atomic E-state index is 14.1. The van der Waals surface area contributed by atoms with Crippen molar-refractivity contribution >= 4 is 35.1 Å². The molecular formula is C40H60ClN5O6. The molecule has 1 aliphatic rings. The number of morpholine rings is 1. The van der Waals surface area contributed by atoms with E-state index in [-0.39, 0.29) is 48.5 Å². The van der Waals surface area contributed by atoms with Crippen molar-refractivity contribution < 1.29 is 29.0 Å². The number of aliphatic hydroxyl groups is 1. The summed E-state index contributed by atoms with van der Waals surface area (Å²) in [7, 11) is 0. The number of carbonyl (C=O) groups is 4. The number of ether oxygens (including phenoxy) is 1. The number of amides is 3. The number of rotatable bonds is 22. The molecule has 0 aliphatic carbocycles. The fraction of sp³-hybridized carbons (Fsp3) is 0.600. The molecule has 0 unspecified atom stereocenters. The number of halogens is 1. The van der Waals surface area contributed by atoms with Crippen LogP contribution in [-0.2, 0) is 36.8 Å². The number of ketones is 1. The van der Waals surface area contributed by atoms with Gasteiger partial charge in [-0.3, -0.25) is 24.1 Å². The Morgan fingerprint density at radius 3 is 1.92 bits per heavy atom. The third-order valence-corrected chi connectivity index (χ3v) is 9.66. The zero-order valence-electron chi connectivity index (χ0n) is 31.5. The maximum Gasteiger partial charge on any atom is 0.243 e. The van der Waals surface area contributed by atoms with Gasteiger partial charge in [0, 0.05) is 32.1 Å². The zero-order chi connectivity index (χ0) is 38.1. The van der Waals surface area contributed by atoms with Crippen LogP contribution in [0.25, 0.3) is 0 Å². The first-order valence-electron chi connectivity index (χ1n) is 18.6. The summed E-state index contributed by atoms with van der Waals surface area (Å²) in [6, 6.07) is 16.5. The Hall–Kier alpha value is -3.35. The van der Waals surface area contributed by atoms with Crippen LogP contribution in [0.2, 0.25) is 0 Å². The van der Waals surface area contributed by atoms with Crippen molar-refractivity contribution in [1.82, 2.24) is 26.2 Å². The Balaban J connectivity index is 1.79. The number of nitrogens with zero attached hydrogens (tertiary/aromatic N) is 1. The Labute approximate surface area is 315 Å². The van der Waals surface area contributed by atoms with E-state index >= 15 is 0 Å². The lowest BCUT2D eigenvalue weighted by Gasteiger charge is -2.30. The van der Waals surface area contributed by atoms with E-state index in [0.29, 0.717) is 52.1 Å². The van der Waals surface area contributed by atoms with Gasteiger partial charge in [-0.15, -0.1) is 11.6 Å². The molecule has 52 heavy (non-hydrogen) atoms. The monoisotopic (exact) mass is 741 g/mol. The van der Waals surface area contributed by atoms with Crippen LogP contribution in [0, 0.1) is 11.8 Å². The second-order valence-corrected chi connectivity index (χ2v) is 15.2. The molecule has 1 aliphatic heterocycles. The van der Waals surface area contributed by atoms with Crippen LogP contribution in [0.1, 0.15) is 65.0 Å². The van der Waals surface area contributed by atoms with Gasteiger partial charge in [-0.05, 0) is 55.6 Å². The minimum Gasteiger partial charge on any atom is -0.381 e. The third-order valence-electron chi connectivity index (χ3n) is 9.14. The molecule has 5 atom stereocenters. The first-order valence-corrected chi connectivity index (χ1v) is 19.1. The molecule has 5 N–H and O–H groups in total. The lowest BCUT2D eigenvalue weighted by Crippen LogP contribution is -2.59. The van der Waals surface area contributed by atoms with Crippen LogP contribution < -0.4 is 21.3 Å². The number of carbonyl (C=O) groups excluding carboxylic acids is 4. The minimum atomic E-state index is -1.83. The summed E-state index contributed by atoms with van der Waals surface area (Å²) in [6.45, 7) is 12.5. The number of alkyl halides is 1. The molecule has 3 rings (SSSR count). The largest absolute Gasteiger partial charge is 0.381 e. The Morgan fingerprint density at radius 2 is 1.35 bits per heavy atom. The van der Waals surface area contributed by atoms with Crippen molar-refractivity contribution in [2.75, 3.05) is 45.3 Å². The second-order valence-electron chi connectivity index (χ2n) is 15.0. The maximum absolute atomic E-state index is 14.1. The van der Waals surface area contributed by atoms with Crippen LogP contribution >= 0.6 is 11.6 Å². The first kappa shape index (κ1) is 43.1. The Bertz CT molecular complexity index is 1390. The average Bonchev–Trinajstić information content (AvgIpc) is 3.12. The number of aryl methyl sites for hydroxylation is 1. The van der Waals surface area contributed by atoms with E-state index in [2.05, 4.69) is 38.3 Å². The van der Waals surface area contributed by atoms with Crippen LogP contribution in [0.15, 0.2) is 60.7 Å². The quantitative estimate of drug-likeness (QED) is 0.116. The van der Waals surface area contributed by atoms with E-state index in [0.717, 1.165) is 17.5 Å². The van der Waals surface area contributed by atoms with Gasteiger partial charge in [-0.1, -0.05) is 88.4 Å². The van der Waals surface area contributed by atoms with Crippen molar-refractivity contribution in [3.8, 4) is 0 Å². The molecule has 0 aromatic heterocycles. The molecule has 2 aromatic carbocycles. The third kappa shape index (κ3) is 15.3. The molecule has 1 heterocycles. The molecule has 0 bridgehead atoms. The molecule has 0 spiro atoms. The highest BCUT2D eigenvalue weighted by molar-refractivity contribution is 6.20. The summed E-state index contributed by atoms with van der Waals surface area (Å²) < 4.78 is 5.43. The number of Topliss-reactive ketones (excluding diaryl/α,β-unsaturated/α-hetero) is 1. The second kappa shape index (κ2) is 22.0. The summed E-state index contributed by atoms with van der Waals surface area (Å²) in [6.07, 6.45) is 2.39. The van der Waals surface area contributed by atoms with Crippen LogP contribution in [0.4, 0.5) is 0 Å². The molecule has 2 aromatic rings. The lowest BCUT2D eigenvalue weighted by molar-refractivity contribution is -0.139. The highest BCUT2D eigenvalue weighted by atomic mass is 35.5. The van der Waals surface area contributed by atoms with E-state index in [1.54, 1.807) is 0 Å². The molecule has 3 amide bonds. The molecule has 0 radical (unpaired) electrons. The number of hydrogen-bond donors (Lipinski definition) is 5. The predicted octanol–water partition coefficient (Wildman–Crippen LogP) is 3.26. The van der Waals surface area contributed by atoms with E-state index in [9.17, 15) is 24.3 Å². The van der Waals surface area contributed by atoms with Crippen molar-refractivity contribution in [2.24, 2.45) is 11.8 Å². The van der Waals surface area contributed by atoms with Gasteiger partial charge in [-0.2, -0.15) is 0 Å². The van der Waals surface area contributed by atoms with Crippen molar-refractivity contribution in [3.63, 3.8) is 0 Å². The molecule has 1 fully saturated rings. The minimum absolute atomic E-state index is 0.0337. The van der Waals surface area contributed by atoms with Gasteiger partial charge in [0.05, 0.1) is 37.7 Å². The highest BCUT2D eigenvalue weighted by Crippen LogP contribution is 2.17. The topological polar surface area (TPSA) is 149 Å². The van der Waals surface area contributed by atoms with Crippen molar-refractivity contribution in [1.29, 1.82) is 0 Å². The summed E-state index contributed by atoms with van der Waals surface area (Å²) in [5, 5.41) is 23.1. The Kier molecular flexibility index (Phi) is 18.2. The first-order chi connectivity index (χ1) is 24.8. The zero-order valence-corrected chi connectivity index (χ0v) is 32.3. The van der Waals surface area contributed by atoms with Crippen molar-refractivity contribution in [3.05, 3.63) is 71.8 Å². The molecular weight excluding hydrogens is 682 g/mol. The smallest absolute Gasteiger partial charge is 0.243 e. The van der Waals surface area contributed by atoms with E-state index in [4.69, 9.17) is 16.3 Å². The Morgan fingerprint density at radius 1 is 0.808 bits per heavy atom.